The summed E-state index contributed by atoms with van der Waals surface area (Å²) in [7, 11) is 3.07. The number of hydrogen-bond acceptors (Lipinski definition) is 4. The standard InChI is InChI=1S/C21H19NO4/c1-24-16-12-13-17(20(14-16)25-2)21(23)22-18-10-6-7-11-19(18)26-15-8-4-3-5-9-15/h3-14H,1-2H3,(H,22,23). The number of rotatable bonds is 6. The summed E-state index contributed by atoms with van der Waals surface area (Å²) in [6, 6.07) is 21.7. The third kappa shape index (κ3) is 3.95. The summed E-state index contributed by atoms with van der Waals surface area (Å²) in [6.07, 6.45) is 0. The van der Waals surface area contributed by atoms with Crippen LogP contribution in [0.1, 0.15) is 10.4 Å². The maximum Gasteiger partial charge on any atom is 0.259 e. The molecule has 1 amide bonds. The lowest BCUT2D eigenvalue weighted by atomic mass is 10.1. The van der Waals surface area contributed by atoms with Crippen LogP contribution < -0.4 is 19.5 Å². The van der Waals surface area contributed by atoms with Crippen molar-refractivity contribution < 1.29 is 19.0 Å². The van der Waals surface area contributed by atoms with Gasteiger partial charge < -0.3 is 19.5 Å². The molecule has 0 aliphatic rings. The monoisotopic (exact) mass is 349 g/mol. The molecule has 0 aliphatic carbocycles. The number of nitrogens with one attached hydrogen (secondary N) is 1. The molecule has 26 heavy (non-hydrogen) atoms. The molecule has 1 N–H and O–H groups in total. The lowest BCUT2D eigenvalue weighted by molar-refractivity contribution is 0.102. The average molecular weight is 349 g/mol. The molecule has 0 heterocycles. The maximum atomic E-state index is 12.7. The molecule has 5 heteroatoms. The van der Waals surface area contributed by atoms with Crippen LogP contribution in [-0.2, 0) is 0 Å². The molecule has 0 unspecified atom stereocenters. The summed E-state index contributed by atoms with van der Waals surface area (Å²) in [6.45, 7) is 0. The Balaban J connectivity index is 1.84. The Hall–Kier alpha value is -3.47. The van der Waals surface area contributed by atoms with Gasteiger partial charge in [0.1, 0.15) is 17.2 Å². The zero-order valence-corrected chi connectivity index (χ0v) is 14.6. The fourth-order valence-electron chi connectivity index (χ4n) is 2.45. The summed E-state index contributed by atoms with van der Waals surface area (Å²) < 4.78 is 16.3. The van der Waals surface area contributed by atoms with Crippen molar-refractivity contribution in [3.8, 4) is 23.0 Å². The molecule has 0 saturated heterocycles. The van der Waals surface area contributed by atoms with Gasteiger partial charge in [0.2, 0.25) is 0 Å². The summed E-state index contributed by atoms with van der Waals surface area (Å²) in [5, 5.41) is 2.87. The summed E-state index contributed by atoms with van der Waals surface area (Å²) in [5.74, 6) is 2.00. The van der Waals surface area contributed by atoms with Gasteiger partial charge in [0, 0.05) is 6.07 Å². The van der Waals surface area contributed by atoms with E-state index in [2.05, 4.69) is 5.32 Å². The van der Waals surface area contributed by atoms with Crippen molar-refractivity contribution in [3.63, 3.8) is 0 Å². The Morgan fingerprint density at radius 2 is 1.50 bits per heavy atom. The van der Waals surface area contributed by atoms with E-state index >= 15 is 0 Å². The fraction of sp³-hybridized carbons (Fsp3) is 0.0952. The van der Waals surface area contributed by atoms with Crippen molar-refractivity contribution in [2.45, 2.75) is 0 Å². The second-order valence-corrected chi connectivity index (χ2v) is 5.43. The molecule has 132 valence electrons. The highest BCUT2D eigenvalue weighted by Gasteiger charge is 2.15. The Morgan fingerprint density at radius 3 is 2.23 bits per heavy atom. The van der Waals surface area contributed by atoms with E-state index in [1.807, 2.05) is 42.5 Å². The predicted octanol–water partition coefficient (Wildman–Crippen LogP) is 4.75. The van der Waals surface area contributed by atoms with Gasteiger partial charge in [0.15, 0.2) is 5.75 Å². The lowest BCUT2D eigenvalue weighted by Crippen LogP contribution is -2.13. The number of ether oxygens (including phenoxy) is 3. The zero-order valence-electron chi connectivity index (χ0n) is 14.6. The largest absolute Gasteiger partial charge is 0.497 e. The normalized spacial score (nSPS) is 10.1. The molecule has 0 fully saturated rings. The van der Waals surface area contributed by atoms with E-state index < -0.39 is 0 Å². The third-order valence-electron chi connectivity index (χ3n) is 3.76. The van der Waals surface area contributed by atoms with Crippen LogP contribution in [0.15, 0.2) is 72.8 Å². The minimum atomic E-state index is -0.298. The fourth-order valence-corrected chi connectivity index (χ4v) is 2.45. The van der Waals surface area contributed by atoms with Crippen LogP contribution in [0, 0.1) is 0 Å². The van der Waals surface area contributed by atoms with Crippen molar-refractivity contribution in [2.24, 2.45) is 0 Å². The molecule has 0 spiro atoms. The van der Waals surface area contributed by atoms with E-state index in [1.54, 1.807) is 37.4 Å². The first-order valence-corrected chi connectivity index (χ1v) is 8.06. The van der Waals surface area contributed by atoms with Gasteiger partial charge in [0.05, 0.1) is 25.5 Å². The molecular formula is C21H19NO4. The Kier molecular flexibility index (Phi) is 5.39. The Labute approximate surface area is 152 Å². The number of para-hydroxylation sites is 3. The Bertz CT molecular complexity index is 894. The molecule has 0 aromatic heterocycles. The van der Waals surface area contributed by atoms with E-state index in [4.69, 9.17) is 14.2 Å². The molecule has 0 atom stereocenters. The number of hydrogen-bond donors (Lipinski definition) is 1. The van der Waals surface area contributed by atoms with Gasteiger partial charge in [-0.1, -0.05) is 30.3 Å². The highest BCUT2D eigenvalue weighted by molar-refractivity contribution is 6.07. The molecule has 3 aromatic rings. The van der Waals surface area contributed by atoms with Crippen LogP contribution in [0.25, 0.3) is 0 Å². The van der Waals surface area contributed by atoms with Crippen molar-refractivity contribution >= 4 is 11.6 Å². The maximum absolute atomic E-state index is 12.7. The number of benzene rings is 3. The number of amides is 1. The average Bonchev–Trinajstić information content (AvgIpc) is 2.69. The van der Waals surface area contributed by atoms with Crippen molar-refractivity contribution in [1.29, 1.82) is 0 Å². The molecular weight excluding hydrogens is 330 g/mol. The van der Waals surface area contributed by atoms with Crippen molar-refractivity contribution in [1.82, 2.24) is 0 Å². The first-order valence-electron chi connectivity index (χ1n) is 8.06. The van der Waals surface area contributed by atoms with E-state index in [-0.39, 0.29) is 5.91 Å². The molecule has 5 nitrogen and oxygen atoms in total. The van der Waals surface area contributed by atoms with Crippen LogP contribution in [0.2, 0.25) is 0 Å². The van der Waals surface area contributed by atoms with E-state index in [9.17, 15) is 4.79 Å². The van der Waals surface area contributed by atoms with E-state index in [0.717, 1.165) is 0 Å². The smallest absolute Gasteiger partial charge is 0.259 e. The van der Waals surface area contributed by atoms with Gasteiger partial charge in [0.25, 0.3) is 5.91 Å². The number of anilines is 1. The summed E-state index contributed by atoms with van der Waals surface area (Å²) in [4.78, 5) is 12.7. The quantitative estimate of drug-likeness (QED) is 0.698. The second-order valence-electron chi connectivity index (χ2n) is 5.43. The molecule has 3 aromatic carbocycles. The Morgan fingerprint density at radius 1 is 0.769 bits per heavy atom. The minimum absolute atomic E-state index is 0.298. The molecule has 0 radical (unpaired) electrons. The van der Waals surface area contributed by atoms with Gasteiger partial charge in [-0.2, -0.15) is 0 Å². The third-order valence-corrected chi connectivity index (χ3v) is 3.76. The van der Waals surface area contributed by atoms with Gasteiger partial charge >= 0.3 is 0 Å². The van der Waals surface area contributed by atoms with Gasteiger partial charge in [-0.05, 0) is 36.4 Å². The topological polar surface area (TPSA) is 56.8 Å². The number of carbonyl (C=O) groups excluding carboxylic acids is 1. The van der Waals surface area contributed by atoms with Crippen molar-refractivity contribution in [2.75, 3.05) is 19.5 Å². The molecule has 3 rings (SSSR count). The predicted molar refractivity (Wildman–Crippen MR) is 100 cm³/mol. The van der Waals surface area contributed by atoms with Crippen LogP contribution >= 0.6 is 0 Å². The first kappa shape index (κ1) is 17.4. The van der Waals surface area contributed by atoms with Crippen LogP contribution in [-0.4, -0.2) is 20.1 Å². The molecule has 0 aliphatic heterocycles. The van der Waals surface area contributed by atoms with Gasteiger partial charge in [-0.25, -0.2) is 0 Å². The zero-order chi connectivity index (χ0) is 18.4. The minimum Gasteiger partial charge on any atom is -0.497 e. The van der Waals surface area contributed by atoms with E-state index in [1.165, 1.54) is 7.11 Å². The van der Waals surface area contributed by atoms with Crippen LogP contribution in [0.5, 0.6) is 23.0 Å². The van der Waals surface area contributed by atoms with Crippen LogP contribution in [0.3, 0.4) is 0 Å². The summed E-state index contributed by atoms with van der Waals surface area (Å²) in [5.41, 5.74) is 0.974. The molecule has 0 saturated carbocycles. The van der Waals surface area contributed by atoms with Crippen LogP contribution in [0.4, 0.5) is 5.69 Å². The highest BCUT2D eigenvalue weighted by Crippen LogP contribution is 2.31. The highest BCUT2D eigenvalue weighted by atomic mass is 16.5. The number of carbonyl (C=O) groups is 1. The SMILES string of the molecule is COc1ccc(C(=O)Nc2ccccc2Oc2ccccc2)c(OC)c1. The van der Waals surface area contributed by atoms with Gasteiger partial charge in [-0.3, -0.25) is 4.79 Å². The number of methoxy groups -OCH3 is 2. The summed E-state index contributed by atoms with van der Waals surface area (Å²) >= 11 is 0. The molecule has 0 bridgehead atoms. The first-order chi connectivity index (χ1) is 12.7. The van der Waals surface area contributed by atoms with Gasteiger partial charge in [-0.15, -0.1) is 0 Å². The lowest BCUT2D eigenvalue weighted by Gasteiger charge is -2.14. The second kappa shape index (κ2) is 8.07. The van der Waals surface area contributed by atoms with E-state index in [0.29, 0.717) is 34.2 Å². The van der Waals surface area contributed by atoms with Crippen molar-refractivity contribution in [3.05, 3.63) is 78.4 Å².